The first-order valence-corrected chi connectivity index (χ1v) is 8.04. The van der Waals surface area contributed by atoms with Crippen LogP contribution in [0.15, 0.2) is 24.3 Å². The van der Waals surface area contributed by atoms with Gasteiger partial charge >= 0.3 is 13.7 Å². The van der Waals surface area contributed by atoms with Crippen LogP contribution in [0.1, 0.15) is 13.8 Å². The van der Waals surface area contributed by atoms with E-state index < -0.39 is 18.6 Å². The number of nitrogens with zero attached hydrogens (tertiary/aromatic N) is 1. The van der Waals surface area contributed by atoms with Crippen molar-refractivity contribution in [2.24, 2.45) is 0 Å². The number of carbonyl (C=O) groups is 1. The van der Waals surface area contributed by atoms with Crippen molar-refractivity contribution in [2.45, 2.75) is 13.8 Å². The smallest absolute Gasteiger partial charge is 0.459 e. The highest BCUT2D eigenvalue weighted by Crippen LogP contribution is 2.44. The molecule has 0 aliphatic rings. The van der Waals surface area contributed by atoms with Gasteiger partial charge in [0.1, 0.15) is 12.3 Å². The Labute approximate surface area is 127 Å². The molecule has 22 heavy (non-hydrogen) atoms. The molecule has 0 spiro atoms. The molecule has 0 saturated carbocycles. The standard InChI is InChI=1S/C12H17N2O7P/c1-3-19-12(15)9-13-22(18,20-4-2)21-11-7-5-10(6-8-11)14(16)17/h5-8H,3-4,9H2,1-2H3,(H,13,18). The van der Waals surface area contributed by atoms with Crippen LogP contribution in [0.3, 0.4) is 0 Å². The summed E-state index contributed by atoms with van der Waals surface area (Å²) in [5.41, 5.74) is -0.127. The quantitative estimate of drug-likeness (QED) is 0.317. The minimum atomic E-state index is -3.78. The third-order valence-corrected chi connectivity index (χ3v) is 3.89. The summed E-state index contributed by atoms with van der Waals surface area (Å²) in [6, 6.07) is 4.99. The van der Waals surface area contributed by atoms with Crippen LogP contribution in [-0.4, -0.2) is 30.7 Å². The molecule has 0 aliphatic heterocycles. The minimum Gasteiger partial charge on any atom is -0.465 e. The van der Waals surface area contributed by atoms with E-state index in [2.05, 4.69) is 5.09 Å². The lowest BCUT2D eigenvalue weighted by atomic mass is 10.3. The Bertz CT molecular complexity index is 561. The summed E-state index contributed by atoms with van der Waals surface area (Å²) in [4.78, 5) is 21.3. The molecular weight excluding hydrogens is 315 g/mol. The van der Waals surface area contributed by atoms with Crippen LogP contribution >= 0.6 is 7.75 Å². The number of hydrogen-bond acceptors (Lipinski definition) is 7. The average Bonchev–Trinajstić information content (AvgIpc) is 2.46. The van der Waals surface area contributed by atoms with Crippen LogP contribution in [0, 0.1) is 10.1 Å². The second-order valence-corrected chi connectivity index (χ2v) is 5.65. The molecule has 0 saturated heterocycles. The van der Waals surface area contributed by atoms with Crippen molar-refractivity contribution in [1.82, 2.24) is 5.09 Å². The maximum atomic E-state index is 12.4. The van der Waals surface area contributed by atoms with E-state index in [0.29, 0.717) is 0 Å². The molecule has 1 N–H and O–H groups in total. The topological polar surface area (TPSA) is 117 Å². The molecule has 0 heterocycles. The Balaban J connectivity index is 2.75. The number of benzene rings is 1. The zero-order chi connectivity index (χ0) is 16.6. The van der Waals surface area contributed by atoms with E-state index in [4.69, 9.17) is 13.8 Å². The molecule has 1 unspecified atom stereocenters. The zero-order valence-corrected chi connectivity index (χ0v) is 13.1. The van der Waals surface area contributed by atoms with E-state index in [1.165, 1.54) is 24.3 Å². The molecule has 10 heteroatoms. The molecule has 0 aliphatic carbocycles. The van der Waals surface area contributed by atoms with Gasteiger partial charge in [-0.3, -0.25) is 19.4 Å². The first-order valence-electron chi connectivity index (χ1n) is 6.49. The zero-order valence-electron chi connectivity index (χ0n) is 12.2. The van der Waals surface area contributed by atoms with Gasteiger partial charge in [0.25, 0.3) is 5.69 Å². The summed E-state index contributed by atoms with van der Waals surface area (Å²) in [7, 11) is -3.78. The van der Waals surface area contributed by atoms with Crippen LogP contribution in [0.5, 0.6) is 5.75 Å². The second-order valence-electron chi connectivity index (χ2n) is 3.90. The Kier molecular flexibility index (Phi) is 6.97. The summed E-state index contributed by atoms with van der Waals surface area (Å²) >= 11 is 0. The lowest BCUT2D eigenvalue weighted by Gasteiger charge is -2.18. The molecule has 1 rings (SSSR count). The number of nitrogens with one attached hydrogen (secondary N) is 1. The van der Waals surface area contributed by atoms with Gasteiger partial charge < -0.3 is 9.26 Å². The first kappa shape index (κ1) is 18.1. The van der Waals surface area contributed by atoms with Crippen LogP contribution < -0.4 is 9.61 Å². The van der Waals surface area contributed by atoms with Crippen molar-refractivity contribution in [3.8, 4) is 5.75 Å². The van der Waals surface area contributed by atoms with E-state index in [0.717, 1.165) is 0 Å². The summed E-state index contributed by atoms with van der Waals surface area (Å²) in [6.07, 6.45) is 0. The average molecular weight is 332 g/mol. The number of nitro groups is 1. The highest BCUT2D eigenvalue weighted by Gasteiger charge is 2.27. The highest BCUT2D eigenvalue weighted by molar-refractivity contribution is 7.52. The SMILES string of the molecule is CCOC(=O)CNP(=O)(OCC)Oc1ccc([N+](=O)[O-])cc1. The fourth-order valence-corrected chi connectivity index (χ4v) is 2.69. The molecular formula is C12H17N2O7P. The van der Waals surface area contributed by atoms with Gasteiger partial charge in [-0.25, -0.2) is 9.65 Å². The molecule has 0 bridgehead atoms. The first-order chi connectivity index (χ1) is 10.4. The molecule has 1 aromatic carbocycles. The predicted molar refractivity (Wildman–Crippen MR) is 77.6 cm³/mol. The summed E-state index contributed by atoms with van der Waals surface area (Å²) < 4.78 is 27.3. The van der Waals surface area contributed by atoms with Gasteiger partial charge in [-0.05, 0) is 26.0 Å². The molecule has 1 aromatic rings. The van der Waals surface area contributed by atoms with Crippen molar-refractivity contribution in [2.75, 3.05) is 19.8 Å². The monoisotopic (exact) mass is 332 g/mol. The Hall–Kier alpha value is -1.96. The van der Waals surface area contributed by atoms with Gasteiger partial charge in [0.05, 0.1) is 18.1 Å². The Morgan fingerprint density at radius 1 is 1.27 bits per heavy atom. The lowest BCUT2D eigenvalue weighted by molar-refractivity contribution is -0.384. The minimum absolute atomic E-state index is 0.0834. The van der Waals surface area contributed by atoms with Crippen molar-refractivity contribution in [3.63, 3.8) is 0 Å². The van der Waals surface area contributed by atoms with Crippen molar-refractivity contribution in [3.05, 3.63) is 34.4 Å². The van der Waals surface area contributed by atoms with Crippen LogP contribution in [0.2, 0.25) is 0 Å². The van der Waals surface area contributed by atoms with Gasteiger partial charge in [-0.15, -0.1) is 0 Å². The van der Waals surface area contributed by atoms with E-state index >= 15 is 0 Å². The van der Waals surface area contributed by atoms with E-state index in [1.54, 1.807) is 13.8 Å². The fourth-order valence-electron chi connectivity index (χ4n) is 1.42. The number of hydrogen-bond donors (Lipinski definition) is 1. The molecule has 9 nitrogen and oxygen atoms in total. The highest BCUT2D eigenvalue weighted by atomic mass is 31.2. The Morgan fingerprint density at radius 3 is 2.41 bits per heavy atom. The van der Waals surface area contributed by atoms with Gasteiger partial charge in [0, 0.05) is 12.1 Å². The molecule has 0 amide bonds. The van der Waals surface area contributed by atoms with E-state index in [1.807, 2.05) is 0 Å². The second kappa shape index (κ2) is 8.47. The van der Waals surface area contributed by atoms with Gasteiger partial charge in [-0.2, -0.15) is 0 Å². The van der Waals surface area contributed by atoms with Gasteiger partial charge in [0.15, 0.2) is 0 Å². The van der Waals surface area contributed by atoms with Gasteiger partial charge in [0.2, 0.25) is 0 Å². The predicted octanol–water partition coefficient (Wildman–Crippen LogP) is 2.27. The van der Waals surface area contributed by atoms with Crippen molar-refractivity contribution >= 4 is 19.4 Å². The van der Waals surface area contributed by atoms with E-state index in [-0.39, 0.29) is 31.2 Å². The maximum Gasteiger partial charge on any atom is 0.459 e. The van der Waals surface area contributed by atoms with Crippen LogP contribution in [0.25, 0.3) is 0 Å². The van der Waals surface area contributed by atoms with Gasteiger partial charge in [-0.1, -0.05) is 0 Å². The summed E-state index contributed by atoms with van der Waals surface area (Å²) in [5.74, 6) is -0.492. The molecule has 122 valence electrons. The maximum absolute atomic E-state index is 12.4. The number of ether oxygens (including phenoxy) is 1. The van der Waals surface area contributed by atoms with E-state index in [9.17, 15) is 19.5 Å². The molecule has 0 radical (unpaired) electrons. The van der Waals surface area contributed by atoms with Crippen LogP contribution in [-0.2, 0) is 18.6 Å². The number of rotatable bonds is 9. The number of nitro benzene ring substituents is 1. The fraction of sp³-hybridized carbons (Fsp3) is 0.417. The summed E-state index contributed by atoms with van der Waals surface area (Å²) in [6.45, 7) is 3.19. The molecule has 1 atom stereocenters. The largest absolute Gasteiger partial charge is 0.465 e. The molecule has 0 aromatic heterocycles. The lowest BCUT2D eigenvalue weighted by Crippen LogP contribution is -2.25. The number of non-ortho nitro benzene ring substituents is 1. The van der Waals surface area contributed by atoms with Crippen molar-refractivity contribution < 1.29 is 28.1 Å². The number of carbonyl (C=O) groups excluding carboxylic acids is 1. The van der Waals surface area contributed by atoms with Crippen LogP contribution in [0.4, 0.5) is 5.69 Å². The normalized spacial score (nSPS) is 13.2. The molecule has 0 fully saturated rings. The summed E-state index contributed by atoms with van der Waals surface area (Å²) in [5, 5.41) is 12.9. The van der Waals surface area contributed by atoms with Crippen molar-refractivity contribution in [1.29, 1.82) is 0 Å². The number of esters is 1. The third-order valence-electron chi connectivity index (χ3n) is 2.29. The Morgan fingerprint density at radius 2 is 1.91 bits per heavy atom. The third kappa shape index (κ3) is 5.80.